The van der Waals surface area contributed by atoms with Crippen LogP contribution in [0.25, 0.3) is 0 Å². The fourth-order valence-corrected chi connectivity index (χ4v) is 5.59. The zero-order valence-corrected chi connectivity index (χ0v) is 22.8. The Bertz CT molecular complexity index is 1440. The van der Waals surface area contributed by atoms with Crippen LogP contribution in [-0.2, 0) is 9.59 Å². The van der Waals surface area contributed by atoms with E-state index in [1.165, 1.54) is 17.3 Å². The molecular formula is C29H27ClN4O3S. The van der Waals surface area contributed by atoms with E-state index in [0.717, 1.165) is 28.2 Å². The summed E-state index contributed by atoms with van der Waals surface area (Å²) in [6.07, 6.45) is 0.653. The van der Waals surface area contributed by atoms with Gasteiger partial charge in [0.05, 0.1) is 18.9 Å². The van der Waals surface area contributed by atoms with Gasteiger partial charge in [-0.2, -0.15) is 10.1 Å². The summed E-state index contributed by atoms with van der Waals surface area (Å²) in [5.41, 5.74) is 5.66. The van der Waals surface area contributed by atoms with Gasteiger partial charge in [0.15, 0.2) is 5.17 Å². The van der Waals surface area contributed by atoms with E-state index in [-0.39, 0.29) is 24.3 Å². The first-order chi connectivity index (χ1) is 18.3. The summed E-state index contributed by atoms with van der Waals surface area (Å²) in [4.78, 5) is 29.9. The van der Waals surface area contributed by atoms with Crippen LogP contribution < -0.4 is 10.1 Å². The van der Waals surface area contributed by atoms with Gasteiger partial charge in [-0.1, -0.05) is 71.4 Å². The Morgan fingerprint density at radius 2 is 1.84 bits per heavy atom. The molecule has 1 N–H and O–H groups in total. The number of amidine groups is 1. The van der Waals surface area contributed by atoms with Crippen molar-refractivity contribution in [2.24, 2.45) is 10.1 Å². The number of aryl methyl sites for hydroxylation is 2. The lowest BCUT2D eigenvalue weighted by atomic mass is 9.98. The van der Waals surface area contributed by atoms with Crippen LogP contribution in [-0.4, -0.2) is 40.1 Å². The summed E-state index contributed by atoms with van der Waals surface area (Å²) in [6, 6.07) is 21.3. The lowest BCUT2D eigenvalue weighted by Gasteiger charge is -2.23. The zero-order chi connectivity index (χ0) is 26.8. The molecule has 0 saturated heterocycles. The highest BCUT2D eigenvalue weighted by molar-refractivity contribution is 8.15. The van der Waals surface area contributed by atoms with E-state index in [2.05, 4.69) is 34.6 Å². The molecule has 0 unspecified atom stereocenters. The molecule has 9 heteroatoms. The van der Waals surface area contributed by atoms with Gasteiger partial charge in [-0.15, -0.1) is 0 Å². The molecule has 2 aliphatic rings. The number of thioether (sulfide) groups is 1. The van der Waals surface area contributed by atoms with Crippen LogP contribution >= 0.6 is 23.4 Å². The smallest absolute Gasteiger partial charge is 0.262 e. The van der Waals surface area contributed by atoms with E-state index in [0.29, 0.717) is 22.3 Å². The number of hydrazone groups is 1. The predicted octanol–water partition coefficient (Wildman–Crippen LogP) is 6.14. The number of hydrogen-bond donors (Lipinski definition) is 1. The number of halogens is 1. The molecule has 0 aromatic heterocycles. The molecule has 0 aliphatic carbocycles. The SMILES string of the molecule is COc1ccc([C@@H]2CC(c3ccc(C)cc3)=NN2C2=NC(=O)[C@H](CC(=O)Nc3ccc(C)c(Cl)c3)S2)cc1. The van der Waals surface area contributed by atoms with Gasteiger partial charge < -0.3 is 10.1 Å². The lowest BCUT2D eigenvalue weighted by molar-refractivity contribution is -0.121. The molecule has 3 aromatic carbocycles. The van der Waals surface area contributed by atoms with E-state index in [1.807, 2.05) is 49.2 Å². The molecule has 2 atom stereocenters. The number of benzene rings is 3. The number of anilines is 1. The van der Waals surface area contributed by atoms with E-state index >= 15 is 0 Å². The van der Waals surface area contributed by atoms with Gasteiger partial charge in [0.2, 0.25) is 5.91 Å². The maximum Gasteiger partial charge on any atom is 0.262 e. The molecular weight excluding hydrogens is 520 g/mol. The maximum absolute atomic E-state index is 12.8. The third kappa shape index (κ3) is 5.61. The highest BCUT2D eigenvalue weighted by Gasteiger charge is 2.39. The maximum atomic E-state index is 12.8. The predicted molar refractivity (Wildman–Crippen MR) is 153 cm³/mol. The Labute approximate surface area is 230 Å². The van der Waals surface area contributed by atoms with E-state index < -0.39 is 5.25 Å². The largest absolute Gasteiger partial charge is 0.497 e. The van der Waals surface area contributed by atoms with Crippen LogP contribution in [0.5, 0.6) is 5.75 Å². The number of ether oxygens (including phenoxy) is 1. The van der Waals surface area contributed by atoms with Crippen LogP contribution in [0.2, 0.25) is 5.02 Å². The van der Waals surface area contributed by atoms with E-state index in [1.54, 1.807) is 19.2 Å². The van der Waals surface area contributed by atoms with Gasteiger partial charge in [0.25, 0.3) is 5.91 Å². The van der Waals surface area contributed by atoms with E-state index in [4.69, 9.17) is 21.4 Å². The second-order valence-electron chi connectivity index (χ2n) is 9.31. The average molecular weight is 547 g/mol. The van der Waals surface area contributed by atoms with Gasteiger partial charge >= 0.3 is 0 Å². The van der Waals surface area contributed by atoms with Gasteiger partial charge in [-0.05, 0) is 54.8 Å². The van der Waals surface area contributed by atoms with Crippen molar-refractivity contribution in [3.8, 4) is 5.75 Å². The molecule has 2 heterocycles. The van der Waals surface area contributed by atoms with Crippen molar-refractivity contribution in [2.75, 3.05) is 12.4 Å². The summed E-state index contributed by atoms with van der Waals surface area (Å²) >= 11 is 7.45. The van der Waals surface area contributed by atoms with Crippen molar-refractivity contribution in [3.05, 3.63) is 94.0 Å². The van der Waals surface area contributed by atoms with Crippen molar-refractivity contribution in [3.63, 3.8) is 0 Å². The number of nitrogens with one attached hydrogen (secondary N) is 1. The van der Waals surface area contributed by atoms with Crippen molar-refractivity contribution in [2.45, 2.75) is 38.0 Å². The van der Waals surface area contributed by atoms with Crippen LogP contribution in [0.15, 0.2) is 76.8 Å². The normalized spacial score (nSPS) is 18.8. The fourth-order valence-electron chi connectivity index (χ4n) is 4.35. The van der Waals surface area contributed by atoms with Gasteiger partial charge in [0, 0.05) is 23.6 Å². The molecule has 0 bridgehead atoms. The first kappa shape index (κ1) is 26.0. The number of rotatable bonds is 6. The summed E-state index contributed by atoms with van der Waals surface area (Å²) in [7, 11) is 1.63. The lowest BCUT2D eigenvalue weighted by Crippen LogP contribution is -2.25. The number of carbonyl (C=O) groups is 2. The van der Waals surface area contributed by atoms with Crippen LogP contribution in [0.4, 0.5) is 5.69 Å². The first-order valence-corrected chi connectivity index (χ1v) is 13.5. The second-order valence-corrected chi connectivity index (χ2v) is 10.9. The molecule has 5 rings (SSSR count). The summed E-state index contributed by atoms with van der Waals surface area (Å²) < 4.78 is 5.32. The second kappa shape index (κ2) is 11.0. The molecule has 3 aromatic rings. The van der Waals surface area contributed by atoms with Gasteiger partial charge in [0.1, 0.15) is 11.0 Å². The third-order valence-corrected chi connectivity index (χ3v) is 8.10. The number of hydrogen-bond acceptors (Lipinski definition) is 6. The number of methoxy groups -OCH3 is 1. The standard InChI is InChI=1S/C29H27ClN4O3S/c1-17-4-7-19(8-5-17)24-15-25(20-9-12-22(37-3)13-10-20)34(33-24)29-32-28(36)26(38-29)16-27(35)31-21-11-6-18(2)23(30)14-21/h4-14,25-26H,15-16H2,1-3H3,(H,31,35)/t25-,26-/m0/s1. The van der Waals surface area contributed by atoms with Crippen LogP contribution in [0.3, 0.4) is 0 Å². The van der Waals surface area contributed by atoms with Crippen molar-refractivity contribution in [1.29, 1.82) is 0 Å². The minimum Gasteiger partial charge on any atom is -0.497 e. The van der Waals surface area contributed by atoms with E-state index in [9.17, 15) is 9.59 Å². The molecule has 7 nitrogen and oxygen atoms in total. The Hall–Kier alpha value is -3.62. The summed E-state index contributed by atoms with van der Waals surface area (Å²) in [5, 5.41) is 9.99. The van der Waals surface area contributed by atoms with Gasteiger partial charge in [-0.25, -0.2) is 5.01 Å². The Balaban J connectivity index is 1.34. The third-order valence-electron chi connectivity index (χ3n) is 6.55. The van der Waals surface area contributed by atoms with Crippen molar-refractivity contribution >= 4 is 51.7 Å². The minimum atomic E-state index is -0.624. The Morgan fingerprint density at radius 3 is 2.53 bits per heavy atom. The van der Waals surface area contributed by atoms with Crippen molar-refractivity contribution in [1.82, 2.24) is 5.01 Å². The molecule has 0 radical (unpaired) electrons. The average Bonchev–Trinajstić information content (AvgIpc) is 3.50. The quantitative estimate of drug-likeness (QED) is 0.401. The number of nitrogens with zero attached hydrogens (tertiary/aromatic N) is 3. The number of carbonyl (C=O) groups excluding carboxylic acids is 2. The Kier molecular flexibility index (Phi) is 7.53. The monoisotopic (exact) mass is 546 g/mol. The topological polar surface area (TPSA) is 83.4 Å². The first-order valence-electron chi connectivity index (χ1n) is 12.2. The molecule has 0 spiro atoms. The fraction of sp³-hybridized carbons (Fsp3) is 0.241. The summed E-state index contributed by atoms with van der Waals surface area (Å²) in [6.45, 7) is 3.94. The Morgan fingerprint density at radius 1 is 1.11 bits per heavy atom. The highest BCUT2D eigenvalue weighted by atomic mass is 35.5. The molecule has 194 valence electrons. The molecule has 2 aliphatic heterocycles. The number of amides is 2. The number of aliphatic imine (C=N–C) groups is 1. The molecule has 0 saturated carbocycles. The zero-order valence-electron chi connectivity index (χ0n) is 21.3. The summed E-state index contributed by atoms with van der Waals surface area (Å²) in [5.74, 6) is 0.153. The minimum absolute atomic E-state index is 0.00241. The highest BCUT2D eigenvalue weighted by Crippen LogP contribution is 2.39. The molecule has 2 amide bonds. The van der Waals surface area contributed by atoms with Gasteiger partial charge in [-0.3, -0.25) is 9.59 Å². The van der Waals surface area contributed by atoms with Crippen molar-refractivity contribution < 1.29 is 14.3 Å². The molecule has 38 heavy (non-hydrogen) atoms. The molecule has 0 fully saturated rings. The van der Waals surface area contributed by atoms with Crippen LogP contribution in [0.1, 0.15) is 41.1 Å². The van der Waals surface area contributed by atoms with Crippen LogP contribution in [0, 0.1) is 13.8 Å².